The van der Waals surface area contributed by atoms with Gasteiger partial charge in [0.25, 0.3) is 0 Å². The summed E-state index contributed by atoms with van der Waals surface area (Å²) in [5.41, 5.74) is 0. The van der Waals surface area contributed by atoms with Crippen molar-refractivity contribution >= 4 is 6.16 Å². The molecule has 0 spiro atoms. The summed E-state index contributed by atoms with van der Waals surface area (Å²) in [6.07, 6.45) is -0.275. The standard InChI is InChI=1S/C8H16O4/c1-5-7(4)11-12-8(9)10-6(2)3/h6-7H,5H2,1-4H3. The lowest BCUT2D eigenvalue weighted by atomic mass is 10.3. The Morgan fingerprint density at radius 3 is 2.33 bits per heavy atom. The molecular formula is C8H16O4. The molecule has 0 heterocycles. The molecule has 0 aromatic rings. The third-order valence-electron chi connectivity index (χ3n) is 1.19. The Morgan fingerprint density at radius 2 is 1.92 bits per heavy atom. The van der Waals surface area contributed by atoms with Gasteiger partial charge in [0.15, 0.2) is 0 Å². The molecule has 0 aromatic carbocycles. The molecule has 0 bridgehead atoms. The average Bonchev–Trinajstić information content (AvgIpc) is 1.99. The Kier molecular flexibility index (Phi) is 5.45. The number of hydrogen-bond donors (Lipinski definition) is 0. The smallest absolute Gasteiger partial charge is 0.430 e. The molecule has 0 amide bonds. The summed E-state index contributed by atoms with van der Waals surface area (Å²) in [5, 5.41) is 0. The number of hydrogen-bond acceptors (Lipinski definition) is 4. The van der Waals surface area contributed by atoms with E-state index in [0.717, 1.165) is 6.42 Å². The molecule has 0 aliphatic rings. The van der Waals surface area contributed by atoms with Gasteiger partial charge in [-0.2, -0.15) is 4.89 Å². The molecule has 12 heavy (non-hydrogen) atoms. The molecule has 4 heteroatoms. The minimum Gasteiger partial charge on any atom is -0.430 e. The fourth-order valence-corrected chi connectivity index (χ4v) is 0.402. The first kappa shape index (κ1) is 11.2. The summed E-state index contributed by atoms with van der Waals surface area (Å²) < 4.78 is 4.66. The molecule has 0 aliphatic heterocycles. The lowest BCUT2D eigenvalue weighted by molar-refractivity contribution is -0.284. The molecule has 0 radical (unpaired) electrons. The van der Waals surface area contributed by atoms with Crippen LogP contribution in [0.3, 0.4) is 0 Å². The van der Waals surface area contributed by atoms with Gasteiger partial charge in [0.05, 0.1) is 6.10 Å². The molecule has 4 nitrogen and oxygen atoms in total. The molecule has 0 aliphatic carbocycles. The van der Waals surface area contributed by atoms with E-state index in [1.165, 1.54) is 0 Å². The van der Waals surface area contributed by atoms with E-state index in [1.807, 2.05) is 13.8 Å². The highest BCUT2D eigenvalue weighted by atomic mass is 17.2. The molecule has 0 aromatic heterocycles. The van der Waals surface area contributed by atoms with Crippen molar-refractivity contribution < 1.29 is 19.3 Å². The van der Waals surface area contributed by atoms with Crippen LogP contribution in [-0.2, 0) is 14.5 Å². The van der Waals surface area contributed by atoms with E-state index in [2.05, 4.69) is 14.5 Å². The molecule has 72 valence electrons. The molecule has 1 unspecified atom stereocenters. The van der Waals surface area contributed by atoms with E-state index in [1.54, 1.807) is 13.8 Å². The van der Waals surface area contributed by atoms with Crippen molar-refractivity contribution in [1.29, 1.82) is 0 Å². The molecular weight excluding hydrogens is 160 g/mol. The number of rotatable bonds is 4. The van der Waals surface area contributed by atoms with E-state index in [0.29, 0.717) is 0 Å². The van der Waals surface area contributed by atoms with Crippen LogP contribution < -0.4 is 0 Å². The maximum atomic E-state index is 10.7. The Hall–Kier alpha value is -0.770. The zero-order chi connectivity index (χ0) is 9.56. The van der Waals surface area contributed by atoms with Crippen LogP contribution in [0.2, 0.25) is 0 Å². The van der Waals surface area contributed by atoms with Gasteiger partial charge in [-0.05, 0) is 27.2 Å². The fraction of sp³-hybridized carbons (Fsp3) is 0.875. The van der Waals surface area contributed by atoms with Crippen molar-refractivity contribution in [3.63, 3.8) is 0 Å². The van der Waals surface area contributed by atoms with Gasteiger partial charge < -0.3 is 4.74 Å². The Balaban J connectivity index is 3.44. The third-order valence-corrected chi connectivity index (χ3v) is 1.19. The van der Waals surface area contributed by atoms with Gasteiger partial charge in [0, 0.05) is 0 Å². The van der Waals surface area contributed by atoms with Gasteiger partial charge in [-0.25, -0.2) is 4.79 Å². The first-order valence-corrected chi connectivity index (χ1v) is 4.10. The Morgan fingerprint density at radius 1 is 1.33 bits per heavy atom. The van der Waals surface area contributed by atoms with Gasteiger partial charge in [0.2, 0.25) is 0 Å². The van der Waals surface area contributed by atoms with E-state index in [-0.39, 0.29) is 12.2 Å². The topological polar surface area (TPSA) is 44.8 Å². The largest absolute Gasteiger partial charge is 0.540 e. The minimum atomic E-state index is -0.787. The normalized spacial score (nSPS) is 12.8. The summed E-state index contributed by atoms with van der Waals surface area (Å²) in [6, 6.07) is 0. The average molecular weight is 176 g/mol. The molecule has 0 N–H and O–H groups in total. The molecule has 0 saturated carbocycles. The quantitative estimate of drug-likeness (QED) is 0.374. The first-order chi connectivity index (χ1) is 5.56. The maximum absolute atomic E-state index is 10.7. The van der Waals surface area contributed by atoms with Crippen molar-refractivity contribution in [3.8, 4) is 0 Å². The Labute approximate surface area is 72.7 Å². The molecule has 0 fully saturated rings. The van der Waals surface area contributed by atoms with Crippen LogP contribution in [0.25, 0.3) is 0 Å². The molecule has 0 rings (SSSR count). The highest BCUT2D eigenvalue weighted by Crippen LogP contribution is 1.99. The van der Waals surface area contributed by atoms with E-state index in [9.17, 15) is 4.79 Å². The van der Waals surface area contributed by atoms with Gasteiger partial charge in [-0.3, -0.25) is 4.89 Å². The number of carbonyl (C=O) groups is 1. The lowest BCUT2D eigenvalue weighted by Crippen LogP contribution is -2.16. The van der Waals surface area contributed by atoms with Crippen molar-refractivity contribution in [1.82, 2.24) is 0 Å². The maximum Gasteiger partial charge on any atom is 0.540 e. The van der Waals surface area contributed by atoms with Crippen molar-refractivity contribution in [2.45, 2.75) is 46.3 Å². The molecule has 0 saturated heterocycles. The molecule has 1 atom stereocenters. The highest BCUT2D eigenvalue weighted by molar-refractivity contribution is 5.59. The van der Waals surface area contributed by atoms with Crippen LogP contribution >= 0.6 is 0 Å². The van der Waals surface area contributed by atoms with Crippen LogP contribution in [0.4, 0.5) is 4.79 Å². The summed E-state index contributed by atoms with van der Waals surface area (Å²) in [6.45, 7) is 7.22. The van der Waals surface area contributed by atoms with Gasteiger partial charge >= 0.3 is 6.16 Å². The number of carbonyl (C=O) groups excluding carboxylic acids is 1. The fourth-order valence-electron chi connectivity index (χ4n) is 0.402. The van der Waals surface area contributed by atoms with Crippen LogP contribution in [0.1, 0.15) is 34.1 Å². The summed E-state index contributed by atoms with van der Waals surface area (Å²) in [5.74, 6) is 0. The van der Waals surface area contributed by atoms with Crippen LogP contribution in [0.15, 0.2) is 0 Å². The second-order valence-corrected chi connectivity index (χ2v) is 2.82. The second-order valence-electron chi connectivity index (χ2n) is 2.82. The predicted molar refractivity (Wildman–Crippen MR) is 43.5 cm³/mol. The monoisotopic (exact) mass is 176 g/mol. The van der Waals surface area contributed by atoms with E-state index >= 15 is 0 Å². The van der Waals surface area contributed by atoms with Gasteiger partial charge in [-0.15, -0.1) is 0 Å². The van der Waals surface area contributed by atoms with Crippen molar-refractivity contribution in [3.05, 3.63) is 0 Å². The van der Waals surface area contributed by atoms with E-state index < -0.39 is 6.16 Å². The third kappa shape index (κ3) is 5.97. The van der Waals surface area contributed by atoms with Crippen LogP contribution in [-0.4, -0.2) is 18.4 Å². The minimum absolute atomic E-state index is 0.0929. The zero-order valence-corrected chi connectivity index (χ0v) is 7.99. The zero-order valence-electron chi connectivity index (χ0n) is 7.99. The summed E-state index contributed by atoms with van der Waals surface area (Å²) in [4.78, 5) is 19.7. The van der Waals surface area contributed by atoms with Crippen molar-refractivity contribution in [2.24, 2.45) is 0 Å². The van der Waals surface area contributed by atoms with Gasteiger partial charge in [0.1, 0.15) is 6.10 Å². The first-order valence-electron chi connectivity index (χ1n) is 4.10. The van der Waals surface area contributed by atoms with Crippen molar-refractivity contribution in [2.75, 3.05) is 0 Å². The van der Waals surface area contributed by atoms with E-state index in [4.69, 9.17) is 0 Å². The summed E-state index contributed by atoms with van der Waals surface area (Å²) in [7, 11) is 0. The second kappa shape index (κ2) is 5.83. The summed E-state index contributed by atoms with van der Waals surface area (Å²) >= 11 is 0. The Bertz CT molecular complexity index is 133. The van der Waals surface area contributed by atoms with Crippen LogP contribution in [0.5, 0.6) is 0 Å². The van der Waals surface area contributed by atoms with Gasteiger partial charge in [-0.1, -0.05) is 6.92 Å². The predicted octanol–water partition coefficient (Wildman–Crippen LogP) is 2.28. The number of ether oxygens (including phenoxy) is 1. The lowest BCUT2D eigenvalue weighted by Gasteiger charge is -2.10. The SMILES string of the molecule is CCC(C)OOC(=O)OC(C)C. The highest BCUT2D eigenvalue weighted by Gasteiger charge is 2.09. The van der Waals surface area contributed by atoms with Crippen LogP contribution in [0, 0.1) is 0 Å².